The number of hydrogen-bond acceptors (Lipinski definition) is 2. The van der Waals surface area contributed by atoms with E-state index in [2.05, 4.69) is 4.74 Å². The summed E-state index contributed by atoms with van der Waals surface area (Å²) in [6.07, 6.45) is -23.3. The van der Waals surface area contributed by atoms with Gasteiger partial charge in [-0.2, -0.15) is 39.5 Å². The monoisotopic (exact) mass is 422 g/mol. The van der Waals surface area contributed by atoms with Gasteiger partial charge >= 0.3 is 28.2 Å². The van der Waals surface area contributed by atoms with Gasteiger partial charge in [-0.25, -0.2) is 9.18 Å². The zero-order chi connectivity index (χ0) is 15.9. The van der Waals surface area contributed by atoms with Crippen LogP contribution < -0.4 is 0 Å². The zero-order valence-corrected chi connectivity index (χ0v) is 10.2. The molecule has 0 aliphatic rings. The second-order valence-corrected chi connectivity index (χ2v) is 4.43. The van der Waals surface area contributed by atoms with Crippen molar-refractivity contribution < 1.29 is 53.4 Å². The Morgan fingerprint density at radius 1 is 0.842 bits per heavy atom. The summed E-state index contributed by atoms with van der Waals surface area (Å²) in [5, 5.41) is 0. The smallest absolute Gasteiger partial charge is 0.440 e. The van der Waals surface area contributed by atoms with Gasteiger partial charge in [0.25, 0.3) is 6.10 Å². The van der Waals surface area contributed by atoms with Crippen molar-refractivity contribution in [3.05, 3.63) is 0 Å². The van der Waals surface area contributed by atoms with E-state index in [1.165, 1.54) is 0 Å². The molecule has 0 aromatic heterocycles. The quantitative estimate of drug-likeness (QED) is 0.294. The minimum absolute atomic E-state index is 0.303. The van der Waals surface area contributed by atoms with E-state index in [1.807, 2.05) is 0 Å². The molecule has 0 heterocycles. The van der Waals surface area contributed by atoms with Gasteiger partial charge in [0.1, 0.15) is 0 Å². The van der Waals surface area contributed by atoms with Crippen LogP contribution in [0.5, 0.6) is 0 Å². The van der Waals surface area contributed by atoms with Crippen LogP contribution >= 0.6 is 22.6 Å². The highest BCUT2D eigenvalue weighted by Crippen LogP contribution is 2.43. The van der Waals surface area contributed by atoms with Gasteiger partial charge in [-0.3, -0.25) is 0 Å². The Kier molecular flexibility index (Phi) is 4.99. The summed E-state index contributed by atoms with van der Waals surface area (Å²) in [6.45, 7) is 0. The van der Waals surface area contributed by atoms with Crippen LogP contribution in [0.4, 0.5) is 43.9 Å². The fourth-order valence-corrected chi connectivity index (χ4v) is 0.743. The SMILES string of the molecule is O=C(OC(C(F)(F)F)C(F)(F)F)C(F)(I)C(F)(F)F. The molecule has 0 aliphatic carbocycles. The first-order valence-electron chi connectivity index (χ1n) is 3.80. The third kappa shape index (κ3) is 4.52. The zero-order valence-electron chi connectivity index (χ0n) is 8.05. The third-order valence-electron chi connectivity index (χ3n) is 1.43. The first kappa shape index (κ1) is 18.5. The van der Waals surface area contributed by atoms with Crippen molar-refractivity contribution in [2.24, 2.45) is 0 Å². The number of alkyl halides is 11. The average molecular weight is 422 g/mol. The molecule has 0 aromatic rings. The van der Waals surface area contributed by atoms with E-state index in [-0.39, 0.29) is 22.6 Å². The summed E-state index contributed by atoms with van der Waals surface area (Å²) in [7, 11) is 0. The molecule has 1 unspecified atom stereocenters. The molecule has 0 fully saturated rings. The predicted molar refractivity (Wildman–Crippen MR) is 45.9 cm³/mol. The maximum atomic E-state index is 12.8. The van der Waals surface area contributed by atoms with Crippen molar-refractivity contribution >= 4 is 28.6 Å². The Morgan fingerprint density at radius 3 is 1.37 bits per heavy atom. The second-order valence-electron chi connectivity index (χ2n) is 2.94. The highest BCUT2D eigenvalue weighted by molar-refractivity contribution is 14.1. The normalized spacial score (nSPS) is 17.3. The summed E-state index contributed by atoms with van der Waals surface area (Å²) in [6, 6.07) is 0. The molecule has 0 amide bonds. The number of hydrogen-bond donors (Lipinski definition) is 0. The number of halogens is 11. The predicted octanol–water partition coefficient (Wildman–Crippen LogP) is 3.69. The lowest BCUT2D eigenvalue weighted by Gasteiger charge is -2.26. The number of carbonyl (C=O) groups excluding carboxylic acids is 1. The van der Waals surface area contributed by atoms with Gasteiger partial charge < -0.3 is 4.74 Å². The summed E-state index contributed by atoms with van der Waals surface area (Å²) in [4.78, 5) is 10.5. The Bertz CT molecular complexity index is 325. The Hall–Kier alpha value is -0.500. The Balaban J connectivity index is 5.26. The van der Waals surface area contributed by atoms with E-state index in [1.54, 1.807) is 0 Å². The minimum Gasteiger partial charge on any atom is -0.440 e. The fraction of sp³-hybridized carbons (Fsp3) is 0.833. The summed E-state index contributed by atoms with van der Waals surface area (Å²) < 4.78 is 117. The van der Waals surface area contributed by atoms with E-state index >= 15 is 0 Å². The van der Waals surface area contributed by atoms with Crippen LogP contribution in [-0.4, -0.2) is 34.3 Å². The molecule has 0 aliphatic heterocycles. The molecule has 0 spiro atoms. The van der Waals surface area contributed by atoms with Gasteiger partial charge in [-0.15, -0.1) is 0 Å². The molecular formula is C6HF10IO2. The van der Waals surface area contributed by atoms with Gasteiger partial charge in [0.15, 0.2) is 0 Å². The van der Waals surface area contributed by atoms with Crippen LogP contribution in [0.1, 0.15) is 0 Å². The van der Waals surface area contributed by atoms with Crippen LogP contribution in [0.25, 0.3) is 0 Å². The van der Waals surface area contributed by atoms with E-state index in [4.69, 9.17) is 0 Å². The van der Waals surface area contributed by atoms with Crippen LogP contribution in [0.15, 0.2) is 0 Å². The van der Waals surface area contributed by atoms with E-state index in [0.29, 0.717) is 0 Å². The van der Waals surface area contributed by atoms with Crippen molar-refractivity contribution in [2.45, 2.75) is 28.3 Å². The summed E-state index contributed by atoms with van der Waals surface area (Å²) >= 11 is -0.303. The third-order valence-corrected chi connectivity index (χ3v) is 2.48. The van der Waals surface area contributed by atoms with E-state index < -0.39 is 34.3 Å². The van der Waals surface area contributed by atoms with Crippen molar-refractivity contribution in [3.63, 3.8) is 0 Å². The van der Waals surface area contributed by atoms with Crippen molar-refractivity contribution in [1.82, 2.24) is 0 Å². The van der Waals surface area contributed by atoms with E-state index in [0.717, 1.165) is 0 Å². The standard InChI is InChI=1S/C6HF10IO2/c7-3(17,6(14,15)16)2(18)19-1(4(8,9)10)5(11,12)13/h1H. The van der Waals surface area contributed by atoms with Crippen LogP contribution in [-0.2, 0) is 9.53 Å². The van der Waals surface area contributed by atoms with E-state index in [9.17, 15) is 48.7 Å². The van der Waals surface area contributed by atoms with Crippen molar-refractivity contribution in [3.8, 4) is 0 Å². The molecule has 1 atom stereocenters. The molecule has 0 rings (SSSR count). The van der Waals surface area contributed by atoms with Crippen LogP contribution in [0.2, 0.25) is 0 Å². The van der Waals surface area contributed by atoms with Crippen molar-refractivity contribution in [1.29, 1.82) is 0 Å². The lowest BCUT2D eigenvalue weighted by molar-refractivity contribution is -0.318. The average Bonchev–Trinajstić information content (AvgIpc) is 2.07. The number of carbonyl (C=O) groups is 1. The van der Waals surface area contributed by atoms with Crippen molar-refractivity contribution in [2.75, 3.05) is 0 Å². The first-order chi connectivity index (χ1) is 8.01. The molecule has 0 N–H and O–H groups in total. The molecule has 13 heteroatoms. The summed E-state index contributed by atoms with van der Waals surface area (Å²) in [5.74, 6) is -3.35. The Labute approximate surface area is 111 Å². The van der Waals surface area contributed by atoms with Gasteiger partial charge in [0, 0.05) is 0 Å². The van der Waals surface area contributed by atoms with Gasteiger partial charge in [0.2, 0.25) is 0 Å². The number of esters is 1. The largest absolute Gasteiger partial charge is 0.443 e. The highest BCUT2D eigenvalue weighted by Gasteiger charge is 2.66. The van der Waals surface area contributed by atoms with Gasteiger partial charge in [-0.1, -0.05) is 0 Å². The van der Waals surface area contributed by atoms with Crippen LogP contribution in [0.3, 0.4) is 0 Å². The molecule has 0 radical (unpaired) electrons. The first-order valence-corrected chi connectivity index (χ1v) is 4.88. The molecule has 0 aromatic carbocycles. The lowest BCUT2D eigenvalue weighted by Crippen LogP contribution is -2.51. The lowest BCUT2D eigenvalue weighted by atomic mass is 10.3. The number of rotatable bonds is 2. The molecule has 2 nitrogen and oxygen atoms in total. The molecule has 0 bridgehead atoms. The van der Waals surface area contributed by atoms with Gasteiger partial charge in [-0.05, 0) is 22.6 Å². The maximum Gasteiger partial charge on any atom is 0.443 e. The molecule has 19 heavy (non-hydrogen) atoms. The highest BCUT2D eigenvalue weighted by atomic mass is 127. The van der Waals surface area contributed by atoms with Crippen LogP contribution in [0, 0.1) is 0 Å². The molecule has 0 saturated heterocycles. The molecule has 114 valence electrons. The molecular weight excluding hydrogens is 421 g/mol. The Morgan fingerprint density at radius 2 is 1.16 bits per heavy atom. The summed E-state index contributed by atoms with van der Waals surface area (Å²) in [5.41, 5.74) is 0. The van der Waals surface area contributed by atoms with Gasteiger partial charge in [0.05, 0.1) is 0 Å². The maximum absolute atomic E-state index is 12.8. The fourth-order valence-electron chi connectivity index (χ4n) is 0.616. The second kappa shape index (κ2) is 5.12. The minimum atomic E-state index is -6.23. The number of ether oxygens (including phenoxy) is 1. The topological polar surface area (TPSA) is 26.3 Å². The molecule has 0 saturated carbocycles.